The normalized spacial score (nSPS) is 13.2. The van der Waals surface area contributed by atoms with E-state index in [1.807, 2.05) is 0 Å². The highest BCUT2D eigenvalue weighted by molar-refractivity contribution is 5.73. The molecule has 4 N–H and O–H groups in total. The molecule has 0 radical (unpaired) electrons. The van der Waals surface area contributed by atoms with Gasteiger partial charge in [-0.25, -0.2) is 0 Å². The zero-order valence-corrected chi connectivity index (χ0v) is 4.03. The van der Waals surface area contributed by atoms with Gasteiger partial charge in [0, 0.05) is 0 Å². The third kappa shape index (κ3) is 1.87. The highest BCUT2D eigenvalue weighted by Gasteiger charge is 2.12. The van der Waals surface area contributed by atoms with Crippen molar-refractivity contribution < 1.29 is 20.2 Å². The molecule has 8 heavy (non-hydrogen) atoms. The van der Waals surface area contributed by atoms with Gasteiger partial charge in [0.25, 0.3) is 0 Å². The van der Waals surface area contributed by atoms with Crippen molar-refractivity contribution in [1.82, 2.24) is 5.48 Å². The molecule has 0 heterocycles. The van der Waals surface area contributed by atoms with Gasteiger partial charge in [0.15, 0.2) is 6.04 Å². The number of carboxylic acids is 1. The Bertz CT molecular complexity index is 79.4. The number of aliphatic hydroxyl groups is 1. The van der Waals surface area contributed by atoms with Gasteiger partial charge in [-0.1, -0.05) is 0 Å². The summed E-state index contributed by atoms with van der Waals surface area (Å²) in [5.74, 6) is -1.28. The van der Waals surface area contributed by atoms with E-state index in [1.165, 1.54) is 5.48 Å². The monoisotopic (exact) mass is 121 g/mol. The fourth-order valence-electron chi connectivity index (χ4n) is 0.174. The van der Waals surface area contributed by atoms with E-state index >= 15 is 0 Å². The van der Waals surface area contributed by atoms with E-state index in [0.29, 0.717) is 0 Å². The first-order chi connectivity index (χ1) is 3.72. The van der Waals surface area contributed by atoms with Gasteiger partial charge in [-0.05, 0) is 0 Å². The molecule has 48 valence electrons. The molecule has 0 aromatic rings. The Morgan fingerprint density at radius 2 is 2.25 bits per heavy atom. The Hall–Kier alpha value is -0.650. The quantitative estimate of drug-likeness (QED) is 0.338. The molecule has 0 amide bonds. The van der Waals surface area contributed by atoms with Crippen LogP contribution >= 0.6 is 0 Å². The van der Waals surface area contributed by atoms with Crippen molar-refractivity contribution in [2.45, 2.75) is 6.04 Å². The lowest BCUT2D eigenvalue weighted by Crippen LogP contribution is -2.37. The first kappa shape index (κ1) is 7.35. The molecule has 5 heteroatoms. The van der Waals surface area contributed by atoms with E-state index in [-0.39, 0.29) is 0 Å². The van der Waals surface area contributed by atoms with E-state index in [0.717, 1.165) is 0 Å². The minimum Gasteiger partial charge on any atom is -0.480 e. The second-order valence-corrected chi connectivity index (χ2v) is 1.20. The lowest BCUT2D eigenvalue weighted by atomic mass is 10.3. The molecular weight excluding hydrogens is 114 g/mol. The van der Waals surface area contributed by atoms with Gasteiger partial charge in [-0.3, -0.25) is 4.79 Å². The number of aliphatic carboxylic acids is 1. The summed E-state index contributed by atoms with van der Waals surface area (Å²) in [6.45, 7) is -0.619. The fraction of sp³-hybridized carbons (Fsp3) is 0.667. The molecule has 1 atom stereocenters. The lowest BCUT2D eigenvalue weighted by molar-refractivity contribution is -0.143. The molecule has 0 spiro atoms. The highest BCUT2D eigenvalue weighted by atomic mass is 16.5. The molecule has 1 unspecified atom stereocenters. The molecule has 0 rings (SSSR count). The molecule has 0 aliphatic rings. The van der Waals surface area contributed by atoms with Crippen LogP contribution in [0, 0.1) is 0 Å². The smallest absolute Gasteiger partial charge is 0.325 e. The van der Waals surface area contributed by atoms with Gasteiger partial charge in [0.05, 0.1) is 6.61 Å². The van der Waals surface area contributed by atoms with Gasteiger partial charge >= 0.3 is 5.97 Å². The van der Waals surface area contributed by atoms with Crippen molar-refractivity contribution in [3.63, 3.8) is 0 Å². The molecule has 5 nitrogen and oxygen atoms in total. The number of rotatable bonds is 3. The summed E-state index contributed by atoms with van der Waals surface area (Å²) in [7, 11) is 0. The van der Waals surface area contributed by atoms with E-state index in [9.17, 15) is 4.79 Å². The third-order valence-electron chi connectivity index (χ3n) is 0.637. The molecule has 0 fully saturated rings. The van der Waals surface area contributed by atoms with Crippen LogP contribution in [0.5, 0.6) is 0 Å². The average Bonchev–Trinajstić information content (AvgIpc) is 1.69. The molecule has 0 saturated heterocycles. The maximum absolute atomic E-state index is 9.78. The van der Waals surface area contributed by atoms with Crippen LogP contribution in [-0.4, -0.2) is 34.0 Å². The first-order valence-electron chi connectivity index (χ1n) is 1.95. The van der Waals surface area contributed by atoms with Crippen molar-refractivity contribution in [3.8, 4) is 0 Å². The largest absolute Gasteiger partial charge is 0.480 e. The number of hydroxylamine groups is 1. The molecule has 0 aromatic carbocycles. The zero-order valence-electron chi connectivity index (χ0n) is 4.03. The topological polar surface area (TPSA) is 89.8 Å². The van der Waals surface area contributed by atoms with Gasteiger partial charge in [-0.15, -0.1) is 0 Å². The standard InChI is InChI=1S/C3H7NO4/c5-1-2(4-8)3(6)7/h2,4-5,8H,1H2,(H,6,7). The number of carboxylic acid groups (broad SMARTS) is 1. The van der Waals surface area contributed by atoms with Crippen LogP contribution in [0.3, 0.4) is 0 Å². The Morgan fingerprint density at radius 1 is 1.75 bits per heavy atom. The van der Waals surface area contributed by atoms with E-state index in [4.69, 9.17) is 15.4 Å². The minimum atomic E-state index is -1.28. The number of carbonyl (C=O) groups is 1. The Balaban J connectivity index is 3.52. The molecule has 0 aromatic heterocycles. The van der Waals surface area contributed by atoms with Gasteiger partial charge in [0.1, 0.15) is 0 Å². The van der Waals surface area contributed by atoms with Crippen molar-refractivity contribution in [3.05, 3.63) is 0 Å². The predicted molar refractivity (Wildman–Crippen MR) is 23.4 cm³/mol. The van der Waals surface area contributed by atoms with Crippen LogP contribution in [0.2, 0.25) is 0 Å². The summed E-state index contributed by atoms with van der Waals surface area (Å²) in [6.07, 6.45) is 0. The zero-order chi connectivity index (χ0) is 6.57. The second-order valence-electron chi connectivity index (χ2n) is 1.20. The maximum atomic E-state index is 9.78. The fourth-order valence-corrected chi connectivity index (χ4v) is 0.174. The Kier molecular flexibility index (Phi) is 3.09. The molecule has 0 saturated carbocycles. The molecular formula is C3H7NO4. The van der Waals surface area contributed by atoms with Crippen molar-refractivity contribution in [2.24, 2.45) is 0 Å². The first-order valence-corrected chi connectivity index (χ1v) is 1.95. The number of nitrogens with one attached hydrogen (secondary N) is 1. The summed E-state index contributed by atoms with van der Waals surface area (Å²) in [5.41, 5.74) is 1.40. The van der Waals surface area contributed by atoms with Crippen LogP contribution in [0.4, 0.5) is 0 Å². The molecule has 0 bridgehead atoms. The Morgan fingerprint density at radius 3 is 2.25 bits per heavy atom. The van der Waals surface area contributed by atoms with Gasteiger partial charge in [0.2, 0.25) is 0 Å². The lowest BCUT2D eigenvalue weighted by Gasteiger charge is -2.02. The SMILES string of the molecule is O=C(O)C(CO)NO. The van der Waals surface area contributed by atoms with Crippen molar-refractivity contribution in [1.29, 1.82) is 0 Å². The Labute approximate surface area is 45.5 Å². The van der Waals surface area contributed by atoms with Crippen molar-refractivity contribution in [2.75, 3.05) is 6.61 Å². The summed E-state index contributed by atoms with van der Waals surface area (Å²) in [5, 5.41) is 24.0. The second kappa shape index (κ2) is 3.36. The van der Waals surface area contributed by atoms with Crippen LogP contribution in [0.1, 0.15) is 0 Å². The van der Waals surface area contributed by atoms with Crippen LogP contribution < -0.4 is 5.48 Å². The van der Waals surface area contributed by atoms with Crippen molar-refractivity contribution >= 4 is 5.97 Å². The third-order valence-corrected chi connectivity index (χ3v) is 0.637. The number of hydrogen-bond donors (Lipinski definition) is 4. The number of hydrogen-bond acceptors (Lipinski definition) is 4. The number of aliphatic hydroxyl groups excluding tert-OH is 1. The van der Waals surface area contributed by atoms with Crippen LogP contribution in [0.15, 0.2) is 0 Å². The molecule has 0 aliphatic carbocycles. The van der Waals surface area contributed by atoms with E-state index in [1.54, 1.807) is 0 Å². The van der Waals surface area contributed by atoms with E-state index < -0.39 is 18.6 Å². The summed E-state index contributed by atoms with van der Waals surface area (Å²) in [4.78, 5) is 9.78. The van der Waals surface area contributed by atoms with Gasteiger partial charge in [-0.2, -0.15) is 5.48 Å². The summed E-state index contributed by atoms with van der Waals surface area (Å²) < 4.78 is 0. The maximum Gasteiger partial charge on any atom is 0.325 e. The van der Waals surface area contributed by atoms with Crippen LogP contribution in [-0.2, 0) is 4.79 Å². The van der Waals surface area contributed by atoms with E-state index in [2.05, 4.69) is 0 Å². The summed E-state index contributed by atoms with van der Waals surface area (Å²) in [6, 6.07) is -1.27. The van der Waals surface area contributed by atoms with Crippen LogP contribution in [0.25, 0.3) is 0 Å². The minimum absolute atomic E-state index is 0.619. The summed E-state index contributed by atoms with van der Waals surface area (Å²) >= 11 is 0. The predicted octanol–water partition coefficient (Wildman–Crippen LogP) is -1.59. The highest BCUT2D eigenvalue weighted by Crippen LogP contribution is 1.76. The van der Waals surface area contributed by atoms with Gasteiger partial charge < -0.3 is 15.4 Å². The average molecular weight is 121 g/mol. The molecule has 0 aliphatic heterocycles.